The minimum atomic E-state index is -4.80. The number of ether oxygens (including phenoxy) is 2. The topological polar surface area (TPSA) is 396 Å². The van der Waals surface area contributed by atoms with E-state index in [1.54, 1.807) is 69.3 Å². The summed E-state index contributed by atoms with van der Waals surface area (Å²) in [6.07, 6.45) is -0.00447. The van der Waals surface area contributed by atoms with Crippen LogP contribution in [0.5, 0.6) is 17.4 Å². The second-order valence-electron chi connectivity index (χ2n) is 18.1. The van der Waals surface area contributed by atoms with E-state index in [9.17, 15) is 62.3 Å². The number of methoxy groups -OCH3 is 1. The number of azo groups is 4. The highest BCUT2D eigenvalue weighted by molar-refractivity contribution is 7.99. The van der Waals surface area contributed by atoms with E-state index in [4.69, 9.17) is 21.1 Å². The molecule has 0 bridgehead atoms. The van der Waals surface area contributed by atoms with Gasteiger partial charge in [0.05, 0.1) is 76.1 Å². The third-order valence-electron chi connectivity index (χ3n) is 11.8. The molecule has 26 nitrogen and oxygen atoms in total. The summed E-state index contributed by atoms with van der Waals surface area (Å²) in [5, 5.41) is 58.1. The van der Waals surface area contributed by atoms with Gasteiger partial charge < -0.3 is 14.6 Å². The van der Waals surface area contributed by atoms with E-state index >= 15 is 0 Å². The van der Waals surface area contributed by atoms with Crippen LogP contribution in [0, 0.1) is 39.0 Å². The van der Waals surface area contributed by atoms with Crippen LogP contribution in [0.2, 0.25) is 5.02 Å². The number of aromatic hydroxyl groups is 1. The number of aromatic nitrogens is 2. The van der Waals surface area contributed by atoms with E-state index in [1.807, 2.05) is 6.07 Å². The maximum atomic E-state index is 12.2. The molecular weight excluding hydrogens is 1220 g/mol. The van der Waals surface area contributed by atoms with Gasteiger partial charge in [0.25, 0.3) is 40.5 Å². The van der Waals surface area contributed by atoms with Gasteiger partial charge >= 0.3 is 0 Å². The van der Waals surface area contributed by atoms with E-state index in [0.717, 1.165) is 17.6 Å². The molecule has 7 rings (SSSR count). The first kappa shape index (κ1) is 63.5. The van der Waals surface area contributed by atoms with Gasteiger partial charge in [-0.15, -0.1) is 44.0 Å². The molecule has 83 heavy (non-hydrogen) atoms. The fourth-order valence-electron chi connectivity index (χ4n) is 7.77. The zero-order chi connectivity index (χ0) is 60.6. The minimum absolute atomic E-state index is 0.0203. The van der Waals surface area contributed by atoms with Crippen LogP contribution in [-0.4, -0.2) is 109 Å². The maximum absolute atomic E-state index is 12.2. The Balaban J connectivity index is 1.27. The van der Waals surface area contributed by atoms with Crippen LogP contribution in [0.3, 0.4) is 0 Å². The van der Waals surface area contributed by atoms with Crippen molar-refractivity contribution in [2.75, 3.05) is 42.5 Å². The van der Waals surface area contributed by atoms with Crippen molar-refractivity contribution < 1.29 is 66.5 Å². The second kappa shape index (κ2) is 26.7. The van der Waals surface area contributed by atoms with Crippen molar-refractivity contribution in [3.63, 3.8) is 0 Å². The highest BCUT2D eigenvalue weighted by atomic mass is 35.5. The van der Waals surface area contributed by atoms with Crippen molar-refractivity contribution in [1.29, 1.82) is 5.26 Å². The lowest BCUT2D eigenvalue weighted by Gasteiger charge is -2.12. The number of hydrogen-bond donors (Lipinski definition) is 5. The first-order valence-electron chi connectivity index (χ1n) is 24.3. The standard InChI is InChI=1S/C50H50ClN11O15S6/c1-28-18-39(58-61-48-31(4)34(27-52)49-53-38-25-47(83(73,74)75)44(76-5)26-42(38)62(49)50(48)63)43(77-12-7-15-80(64,65)66)22-35(28)56-59-40-20-30(3)37(24-46(40)79-14-9-17-82(70,71)72)57-60-41-19-29(2)36(55-54-33-11-6-10-32(51)21-33)23-45(41)78-13-8-16-81(67,68)69/h6,10-11,18-26,63H,7-9,12-17H2,1-5H3,(H,64,65,66)(H,67,68,69)(H,70,71,72)(H,73,74,75). The van der Waals surface area contributed by atoms with Crippen LogP contribution < -0.4 is 9.47 Å². The average molecular weight is 1270 g/mol. The summed E-state index contributed by atoms with van der Waals surface area (Å²) >= 11 is 8.59. The van der Waals surface area contributed by atoms with Crippen LogP contribution in [0.25, 0.3) is 16.7 Å². The predicted octanol–water partition coefficient (Wildman–Crippen LogP) is 13.3. The normalized spacial score (nSPS) is 12.7. The highest BCUT2D eigenvalue weighted by Crippen LogP contribution is 2.44. The Morgan fingerprint density at radius 1 is 0.627 bits per heavy atom. The number of benzene rings is 5. The number of halogens is 1. The molecule has 0 saturated heterocycles. The monoisotopic (exact) mass is 1270 g/mol. The van der Waals surface area contributed by atoms with Gasteiger partial charge in [0.1, 0.15) is 33.7 Å². The third-order valence-corrected chi connectivity index (χ3v) is 17.6. The molecule has 0 aliphatic carbocycles. The molecular formula is C50H50ClN11O15S6. The quantitative estimate of drug-likeness (QED) is 0.0154. The van der Waals surface area contributed by atoms with Gasteiger partial charge in [-0.2, -0.15) is 59.4 Å². The lowest BCUT2D eigenvalue weighted by molar-refractivity contribution is 0.317. The summed E-state index contributed by atoms with van der Waals surface area (Å²) in [5.74, 6) is -2.06. The van der Waals surface area contributed by atoms with Crippen molar-refractivity contribution in [1.82, 2.24) is 9.38 Å². The van der Waals surface area contributed by atoms with Crippen LogP contribution in [0.15, 0.2) is 128 Å². The molecule has 0 amide bonds. The summed E-state index contributed by atoms with van der Waals surface area (Å²) in [6.45, 7) is 6.38. The lowest BCUT2D eigenvalue weighted by atomic mass is 10.1. The molecule has 7 aromatic rings. The van der Waals surface area contributed by atoms with Gasteiger partial charge in [0.15, 0.2) is 11.3 Å². The first-order valence-corrected chi connectivity index (χ1v) is 32.9. The van der Waals surface area contributed by atoms with Crippen LogP contribution in [-0.2, 0) is 40.5 Å². The number of pyridine rings is 1. The fourth-order valence-corrected chi connectivity index (χ4v) is 12.4. The van der Waals surface area contributed by atoms with Crippen molar-refractivity contribution in [2.45, 2.75) is 61.6 Å². The fraction of sp³-hybridized carbons (Fsp3) is 0.280. The molecule has 0 spiro atoms. The zero-order valence-corrected chi connectivity index (χ0v) is 50.0. The van der Waals surface area contributed by atoms with Crippen molar-refractivity contribution in [3.05, 3.63) is 106 Å². The second-order valence-corrected chi connectivity index (χ2v) is 26.9. The molecule has 0 aliphatic rings. The molecule has 0 saturated carbocycles. The molecule has 0 aliphatic heterocycles. The van der Waals surface area contributed by atoms with Gasteiger partial charge in [-0.1, -0.05) is 17.7 Å². The van der Waals surface area contributed by atoms with Crippen molar-refractivity contribution in [2.24, 2.45) is 40.9 Å². The average Bonchev–Trinajstić information content (AvgIpc) is 4.01. The molecule has 0 unspecified atom stereocenters. The lowest BCUT2D eigenvalue weighted by Crippen LogP contribution is -2.08. The number of thioether (sulfide) groups is 2. The molecule has 5 aromatic carbocycles. The van der Waals surface area contributed by atoms with E-state index < -0.39 is 68.5 Å². The predicted molar refractivity (Wildman–Crippen MR) is 312 cm³/mol. The number of aryl methyl sites for hydroxylation is 3. The van der Waals surface area contributed by atoms with Crippen molar-refractivity contribution in [3.8, 4) is 23.4 Å². The Labute approximate surface area is 489 Å². The number of fused-ring (bicyclic) bond motifs is 3. The van der Waals surface area contributed by atoms with Crippen LogP contribution >= 0.6 is 35.1 Å². The van der Waals surface area contributed by atoms with Gasteiger partial charge in [-0.3, -0.25) is 22.6 Å². The molecule has 438 valence electrons. The summed E-state index contributed by atoms with van der Waals surface area (Å²) in [4.78, 5) is 4.78. The summed E-state index contributed by atoms with van der Waals surface area (Å²) in [5.41, 5.74) is 3.71. The van der Waals surface area contributed by atoms with Crippen LogP contribution in [0.4, 0.5) is 45.5 Å². The third kappa shape index (κ3) is 17.1. The van der Waals surface area contributed by atoms with Gasteiger partial charge in [0, 0.05) is 32.5 Å². The Kier molecular flexibility index (Phi) is 20.4. The van der Waals surface area contributed by atoms with Gasteiger partial charge in [-0.05, 0) is 130 Å². The van der Waals surface area contributed by atoms with E-state index in [1.165, 1.54) is 48.6 Å². The summed E-state index contributed by atoms with van der Waals surface area (Å²) < 4.78 is 144. The maximum Gasteiger partial charge on any atom is 0.298 e. The Bertz CT molecular complexity index is 4330. The largest absolute Gasteiger partial charge is 0.495 e. The van der Waals surface area contributed by atoms with E-state index in [0.29, 0.717) is 59.9 Å². The molecule has 2 aromatic heterocycles. The van der Waals surface area contributed by atoms with Crippen molar-refractivity contribution >= 4 is 138 Å². The Morgan fingerprint density at radius 2 is 1.13 bits per heavy atom. The number of hydrogen-bond acceptors (Lipinski definition) is 23. The number of nitriles is 1. The molecule has 2 heterocycles. The highest BCUT2D eigenvalue weighted by Gasteiger charge is 2.25. The molecule has 0 radical (unpaired) electrons. The summed E-state index contributed by atoms with van der Waals surface area (Å²) in [7, 11) is -16.5. The number of imidazole rings is 1. The Morgan fingerprint density at radius 3 is 1.65 bits per heavy atom. The number of rotatable bonds is 25. The zero-order valence-electron chi connectivity index (χ0n) is 44.4. The molecule has 5 N–H and O–H groups in total. The van der Waals surface area contributed by atoms with Gasteiger partial charge in [-0.25, -0.2) is 4.98 Å². The summed E-state index contributed by atoms with van der Waals surface area (Å²) in [6, 6.07) is 20.7. The van der Waals surface area contributed by atoms with Gasteiger partial charge in [0.2, 0.25) is 5.88 Å². The molecule has 0 fully saturated rings. The molecule has 33 heteroatoms. The smallest absolute Gasteiger partial charge is 0.298 e. The Hall–Kier alpha value is -7.03. The SMILES string of the molecule is COc1cc2c(cc1S(=O)(=O)O)nc1c(C#N)c(C)c(N=Nc3cc(C)c(N=Nc4cc(C)c(N=Nc5cc(C)c(N=Nc6cccc(Cl)c6)cc5SCCCS(=O)(=O)O)cc4SCCCS(=O)(=O)O)cc3OCCCS(=O)(=O)O)c(O)n12. The van der Waals surface area contributed by atoms with E-state index in [-0.39, 0.29) is 93.7 Å². The molecule has 0 atom stereocenters. The number of nitrogens with zero attached hydrogens (tertiary/aromatic N) is 11. The van der Waals surface area contributed by atoms with E-state index in [2.05, 4.69) is 45.9 Å². The minimum Gasteiger partial charge on any atom is -0.495 e. The first-order chi connectivity index (χ1) is 39.0. The van der Waals surface area contributed by atoms with Crippen LogP contribution in [0.1, 0.15) is 47.1 Å².